The molecule has 2 unspecified atom stereocenters. The van der Waals surface area contributed by atoms with Crippen LogP contribution >= 0.6 is 0 Å². The van der Waals surface area contributed by atoms with Crippen LogP contribution in [0.1, 0.15) is 20.8 Å². The molecule has 0 fully saturated rings. The van der Waals surface area contributed by atoms with Crippen LogP contribution in [-0.2, 0) is 0 Å². The highest BCUT2D eigenvalue weighted by Gasteiger charge is 2.32. The lowest BCUT2D eigenvalue weighted by Crippen LogP contribution is -2.24. The summed E-state index contributed by atoms with van der Waals surface area (Å²) in [7, 11) is 0. The molecule has 2 rings (SSSR count). The Hall–Kier alpha value is -1.56. The summed E-state index contributed by atoms with van der Waals surface area (Å²) < 4.78 is 0. The molecule has 2 aliphatic rings. The number of fused-ring (bicyclic) bond motifs is 1. The Morgan fingerprint density at radius 1 is 1.12 bits per heavy atom. The summed E-state index contributed by atoms with van der Waals surface area (Å²) in [5.41, 5.74) is 5.43. The maximum atomic E-state index is 4.18. The molecule has 17 heavy (non-hydrogen) atoms. The van der Waals surface area contributed by atoms with E-state index in [2.05, 4.69) is 69.9 Å². The molecule has 0 amide bonds. The molecule has 2 aliphatic carbocycles. The van der Waals surface area contributed by atoms with Crippen LogP contribution in [0.3, 0.4) is 0 Å². The van der Waals surface area contributed by atoms with E-state index in [9.17, 15) is 0 Å². The molecule has 0 heterocycles. The van der Waals surface area contributed by atoms with E-state index in [4.69, 9.17) is 0 Å². The van der Waals surface area contributed by atoms with Gasteiger partial charge in [0.05, 0.1) is 0 Å². The summed E-state index contributed by atoms with van der Waals surface area (Å²) in [6.45, 7) is 10.5. The fourth-order valence-corrected chi connectivity index (χ4v) is 2.82. The van der Waals surface area contributed by atoms with Gasteiger partial charge >= 0.3 is 0 Å². The highest BCUT2D eigenvalue weighted by Crippen LogP contribution is 2.43. The largest absolute Gasteiger partial charge is 0.0995 e. The first kappa shape index (κ1) is 11.9. The van der Waals surface area contributed by atoms with Crippen molar-refractivity contribution >= 4 is 0 Å². The van der Waals surface area contributed by atoms with Crippen molar-refractivity contribution in [3.8, 4) is 0 Å². The smallest absolute Gasteiger partial charge is 0.0192 e. The summed E-state index contributed by atoms with van der Waals surface area (Å²) in [5.74, 6) is 0.881. The topological polar surface area (TPSA) is 0 Å². The standard InChI is InChI=1S/C17H20/c1-5-13-8-7-9-15-11-10-14(6-2)16(12(3)4)17(13)15/h5-11,16-17H,3H2,1-2,4H3/b13-5-,14-6-. The Labute approximate surface area is 104 Å². The molecule has 0 nitrogen and oxygen atoms in total. The van der Waals surface area contributed by atoms with Gasteiger partial charge in [0.2, 0.25) is 0 Å². The van der Waals surface area contributed by atoms with E-state index in [1.54, 1.807) is 0 Å². The van der Waals surface area contributed by atoms with E-state index in [1.165, 1.54) is 22.3 Å². The first-order valence-electron chi connectivity index (χ1n) is 6.23. The molecule has 0 aromatic heterocycles. The van der Waals surface area contributed by atoms with Crippen LogP contribution in [0.15, 0.2) is 71.4 Å². The first-order valence-corrected chi connectivity index (χ1v) is 6.23. The zero-order chi connectivity index (χ0) is 12.4. The molecule has 0 spiro atoms. The third kappa shape index (κ3) is 2.00. The molecular formula is C17H20. The Morgan fingerprint density at radius 2 is 1.82 bits per heavy atom. The molecule has 0 aliphatic heterocycles. The Balaban J connectivity index is 2.55. The van der Waals surface area contributed by atoms with Crippen LogP contribution in [0.5, 0.6) is 0 Å². The average Bonchev–Trinajstić information content (AvgIpc) is 2.36. The minimum absolute atomic E-state index is 0.424. The van der Waals surface area contributed by atoms with E-state index in [0.717, 1.165) is 0 Å². The second kappa shape index (κ2) is 4.75. The fourth-order valence-electron chi connectivity index (χ4n) is 2.82. The maximum absolute atomic E-state index is 4.18. The second-order valence-electron chi connectivity index (χ2n) is 4.74. The van der Waals surface area contributed by atoms with Gasteiger partial charge in [-0.1, -0.05) is 54.7 Å². The van der Waals surface area contributed by atoms with Gasteiger partial charge in [0.1, 0.15) is 0 Å². The average molecular weight is 224 g/mol. The third-order valence-corrected chi connectivity index (χ3v) is 3.65. The summed E-state index contributed by atoms with van der Waals surface area (Å²) in [6, 6.07) is 0. The summed E-state index contributed by atoms with van der Waals surface area (Å²) >= 11 is 0. The van der Waals surface area contributed by atoms with Crippen LogP contribution in [0.2, 0.25) is 0 Å². The van der Waals surface area contributed by atoms with Gasteiger partial charge in [-0.05, 0) is 37.5 Å². The highest BCUT2D eigenvalue weighted by molar-refractivity contribution is 5.52. The Bertz CT molecular complexity index is 478. The van der Waals surface area contributed by atoms with Crippen molar-refractivity contribution < 1.29 is 0 Å². The number of hydrogen-bond donors (Lipinski definition) is 0. The number of rotatable bonds is 1. The molecule has 0 aromatic rings. The van der Waals surface area contributed by atoms with Gasteiger partial charge in [-0.3, -0.25) is 0 Å². The minimum Gasteiger partial charge on any atom is -0.0995 e. The molecular weight excluding hydrogens is 204 g/mol. The molecule has 0 radical (unpaired) electrons. The molecule has 0 saturated carbocycles. The molecule has 2 atom stereocenters. The number of hydrogen-bond acceptors (Lipinski definition) is 0. The first-order chi connectivity index (χ1) is 8.19. The molecule has 0 saturated heterocycles. The van der Waals surface area contributed by atoms with Gasteiger partial charge in [-0.25, -0.2) is 0 Å². The van der Waals surface area contributed by atoms with Gasteiger partial charge in [-0.15, -0.1) is 0 Å². The normalized spacial score (nSPS) is 31.6. The van der Waals surface area contributed by atoms with Crippen molar-refractivity contribution in [2.24, 2.45) is 11.8 Å². The van der Waals surface area contributed by atoms with Crippen LogP contribution in [-0.4, -0.2) is 0 Å². The lowest BCUT2D eigenvalue weighted by Gasteiger charge is -2.35. The molecule has 0 N–H and O–H groups in total. The van der Waals surface area contributed by atoms with Gasteiger partial charge in [-0.2, -0.15) is 0 Å². The zero-order valence-electron chi connectivity index (χ0n) is 10.9. The van der Waals surface area contributed by atoms with Crippen molar-refractivity contribution in [2.75, 3.05) is 0 Å². The van der Waals surface area contributed by atoms with Gasteiger partial charge in [0.25, 0.3) is 0 Å². The molecule has 0 heteroatoms. The quantitative estimate of drug-likeness (QED) is 0.564. The Morgan fingerprint density at radius 3 is 2.41 bits per heavy atom. The summed E-state index contributed by atoms with van der Waals surface area (Å²) in [5, 5.41) is 0. The van der Waals surface area contributed by atoms with Crippen molar-refractivity contribution in [3.05, 3.63) is 71.4 Å². The van der Waals surface area contributed by atoms with Crippen molar-refractivity contribution in [1.82, 2.24) is 0 Å². The Kier molecular flexibility index (Phi) is 3.33. The van der Waals surface area contributed by atoms with Crippen LogP contribution in [0, 0.1) is 11.8 Å². The van der Waals surface area contributed by atoms with E-state index < -0.39 is 0 Å². The van der Waals surface area contributed by atoms with Crippen molar-refractivity contribution in [2.45, 2.75) is 20.8 Å². The van der Waals surface area contributed by atoms with Crippen LogP contribution in [0.25, 0.3) is 0 Å². The van der Waals surface area contributed by atoms with Gasteiger partial charge < -0.3 is 0 Å². The van der Waals surface area contributed by atoms with E-state index in [-0.39, 0.29) is 0 Å². The van der Waals surface area contributed by atoms with E-state index in [1.807, 2.05) is 0 Å². The van der Waals surface area contributed by atoms with Crippen molar-refractivity contribution in [1.29, 1.82) is 0 Å². The third-order valence-electron chi connectivity index (χ3n) is 3.65. The minimum atomic E-state index is 0.424. The lowest BCUT2D eigenvalue weighted by atomic mass is 9.68. The predicted octanol–water partition coefficient (Wildman–Crippen LogP) is 4.75. The number of allylic oxidation sites excluding steroid dienone is 11. The fraction of sp³-hybridized carbons (Fsp3) is 0.294. The monoisotopic (exact) mass is 224 g/mol. The maximum Gasteiger partial charge on any atom is 0.0192 e. The highest BCUT2D eigenvalue weighted by atomic mass is 14.3. The van der Waals surface area contributed by atoms with E-state index >= 15 is 0 Å². The van der Waals surface area contributed by atoms with Crippen LogP contribution < -0.4 is 0 Å². The van der Waals surface area contributed by atoms with E-state index in [0.29, 0.717) is 11.8 Å². The molecule has 88 valence electrons. The SMILES string of the molecule is C=C(C)C1/C(=C\C)C=CC2=CC=C/C(=C/C)C21. The molecule has 0 bridgehead atoms. The second-order valence-corrected chi connectivity index (χ2v) is 4.74. The van der Waals surface area contributed by atoms with Gasteiger partial charge in [0, 0.05) is 11.8 Å². The molecule has 0 aromatic carbocycles. The van der Waals surface area contributed by atoms with Crippen molar-refractivity contribution in [3.63, 3.8) is 0 Å². The van der Waals surface area contributed by atoms with Crippen LogP contribution in [0.4, 0.5) is 0 Å². The predicted molar refractivity (Wildman–Crippen MR) is 75.7 cm³/mol. The summed E-state index contributed by atoms with van der Waals surface area (Å²) in [4.78, 5) is 0. The lowest BCUT2D eigenvalue weighted by molar-refractivity contribution is 0.565. The summed E-state index contributed by atoms with van der Waals surface area (Å²) in [6.07, 6.45) is 15.5. The zero-order valence-corrected chi connectivity index (χ0v) is 10.9. The van der Waals surface area contributed by atoms with Gasteiger partial charge in [0.15, 0.2) is 0 Å².